The molecule has 2 atom stereocenters. The number of hydrogen-bond acceptors (Lipinski definition) is 4. The van der Waals surface area contributed by atoms with Crippen LogP contribution in [0.3, 0.4) is 0 Å². The second kappa shape index (κ2) is 5.33. The van der Waals surface area contributed by atoms with Crippen LogP contribution in [-0.2, 0) is 17.6 Å². The van der Waals surface area contributed by atoms with E-state index in [-0.39, 0.29) is 18.4 Å². The van der Waals surface area contributed by atoms with Gasteiger partial charge in [-0.2, -0.15) is 0 Å². The predicted octanol–water partition coefficient (Wildman–Crippen LogP) is 1.61. The standard InChI is InChI=1S/C16H18N2O3/c1-9-13(10(2)21-18-9)8-15(20)17-16-12-6-4-3-5-11(12)7-14(16)19/h3-6,14,16,19H,7-8H2,1-2H3,(H,17,20)/t14-,16+/m0/s1. The number of carbonyl (C=O) groups excluding carboxylic acids is 1. The average molecular weight is 286 g/mol. The third kappa shape index (κ3) is 2.56. The van der Waals surface area contributed by atoms with Crippen molar-refractivity contribution in [3.05, 3.63) is 52.4 Å². The highest BCUT2D eigenvalue weighted by Crippen LogP contribution is 2.31. The van der Waals surface area contributed by atoms with Crippen LogP contribution >= 0.6 is 0 Å². The number of aliphatic hydroxyl groups is 1. The summed E-state index contributed by atoms with van der Waals surface area (Å²) in [5.41, 5.74) is 3.63. The van der Waals surface area contributed by atoms with E-state index in [1.54, 1.807) is 6.92 Å². The normalized spacial score (nSPS) is 20.3. The minimum absolute atomic E-state index is 0.134. The van der Waals surface area contributed by atoms with Gasteiger partial charge in [0.2, 0.25) is 5.91 Å². The van der Waals surface area contributed by atoms with Gasteiger partial charge in [-0.05, 0) is 25.0 Å². The van der Waals surface area contributed by atoms with E-state index < -0.39 is 6.10 Å². The summed E-state index contributed by atoms with van der Waals surface area (Å²) < 4.78 is 5.06. The molecule has 1 aromatic heterocycles. The summed E-state index contributed by atoms with van der Waals surface area (Å²) in [6.07, 6.45) is 0.218. The van der Waals surface area contributed by atoms with E-state index in [9.17, 15) is 9.90 Å². The van der Waals surface area contributed by atoms with E-state index in [0.717, 1.165) is 22.4 Å². The number of rotatable bonds is 3. The van der Waals surface area contributed by atoms with Gasteiger partial charge >= 0.3 is 0 Å². The molecule has 0 bridgehead atoms. The first kappa shape index (κ1) is 13.8. The molecule has 1 aromatic carbocycles. The highest BCUT2D eigenvalue weighted by atomic mass is 16.5. The third-order valence-corrected chi connectivity index (χ3v) is 4.04. The number of nitrogens with one attached hydrogen (secondary N) is 1. The number of amides is 1. The van der Waals surface area contributed by atoms with Gasteiger partial charge in [0.25, 0.3) is 0 Å². The zero-order valence-corrected chi connectivity index (χ0v) is 12.1. The molecule has 5 nitrogen and oxygen atoms in total. The van der Waals surface area contributed by atoms with Crippen LogP contribution in [0.4, 0.5) is 0 Å². The molecule has 0 radical (unpaired) electrons. The predicted molar refractivity (Wildman–Crippen MR) is 76.7 cm³/mol. The summed E-state index contributed by atoms with van der Waals surface area (Å²) in [6, 6.07) is 7.46. The van der Waals surface area contributed by atoms with Crippen LogP contribution in [0, 0.1) is 13.8 Å². The molecule has 1 aliphatic rings. The molecule has 0 saturated carbocycles. The van der Waals surface area contributed by atoms with Crippen LogP contribution < -0.4 is 5.32 Å². The topological polar surface area (TPSA) is 75.4 Å². The van der Waals surface area contributed by atoms with Crippen molar-refractivity contribution in [2.45, 2.75) is 38.8 Å². The Bertz CT molecular complexity index is 658. The molecular formula is C16H18N2O3. The first-order chi connectivity index (χ1) is 10.1. The largest absolute Gasteiger partial charge is 0.390 e. The first-order valence-electron chi connectivity index (χ1n) is 7.03. The lowest BCUT2D eigenvalue weighted by Gasteiger charge is -2.18. The fourth-order valence-electron chi connectivity index (χ4n) is 2.89. The Morgan fingerprint density at radius 1 is 1.43 bits per heavy atom. The van der Waals surface area contributed by atoms with Crippen molar-refractivity contribution in [1.82, 2.24) is 10.5 Å². The van der Waals surface area contributed by atoms with E-state index in [1.165, 1.54) is 0 Å². The zero-order chi connectivity index (χ0) is 15.0. The van der Waals surface area contributed by atoms with Gasteiger partial charge in [-0.3, -0.25) is 4.79 Å². The average Bonchev–Trinajstić information content (AvgIpc) is 2.93. The maximum Gasteiger partial charge on any atom is 0.225 e. The molecule has 1 heterocycles. The smallest absolute Gasteiger partial charge is 0.225 e. The van der Waals surface area contributed by atoms with Crippen molar-refractivity contribution in [2.75, 3.05) is 0 Å². The Morgan fingerprint density at radius 3 is 2.90 bits per heavy atom. The molecule has 3 rings (SSSR count). The maximum atomic E-state index is 12.2. The molecule has 2 aromatic rings. The molecule has 0 fully saturated rings. The number of carbonyl (C=O) groups is 1. The van der Waals surface area contributed by atoms with Crippen molar-refractivity contribution in [3.8, 4) is 0 Å². The van der Waals surface area contributed by atoms with Crippen molar-refractivity contribution in [2.24, 2.45) is 0 Å². The van der Waals surface area contributed by atoms with E-state index in [2.05, 4.69) is 10.5 Å². The van der Waals surface area contributed by atoms with Crippen molar-refractivity contribution in [3.63, 3.8) is 0 Å². The number of aliphatic hydroxyl groups excluding tert-OH is 1. The molecule has 0 unspecified atom stereocenters. The molecular weight excluding hydrogens is 268 g/mol. The number of hydrogen-bond donors (Lipinski definition) is 2. The molecule has 1 amide bonds. The highest BCUT2D eigenvalue weighted by molar-refractivity contribution is 5.79. The number of nitrogens with zero attached hydrogens (tertiary/aromatic N) is 1. The summed E-state index contributed by atoms with van der Waals surface area (Å²) in [6.45, 7) is 3.61. The lowest BCUT2D eigenvalue weighted by atomic mass is 10.1. The van der Waals surface area contributed by atoms with Gasteiger partial charge < -0.3 is 14.9 Å². The van der Waals surface area contributed by atoms with Crippen LogP contribution in [0.15, 0.2) is 28.8 Å². The van der Waals surface area contributed by atoms with E-state index >= 15 is 0 Å². The molecule has 0 spiro atoms. The van der Waals surface area contributed by atoms with Gasteiger partial charge in [0, 0.05) is 12.0 Å². The van der Waals surface area contributed by atoms with Gasteiger partial charge in [-0.15, -0.1) is 0 Å². The molecule has 110 valence electrons. The Labute approximate surface area is 123 Å². The second-order valence-corrected chi connectivity index (χ2v) is 5.49. The van der Waals surface area contributed by atoms with Crippen molar-refractivity contribution in [1.29, 1.82) is 0 Å². The van der Waals surface area contributed by atoms with Gasteiger partial charge in [0.05, 0.1) is 24.3 Å². The third-order valence-electron chi connectivity index (χ3n) is 4.04. The lowest BCUT2D eigenvalue weighted by molar-refractivity contribution is -0.122. The van der Waals surface area contributed by atoms with Crippen LogP contribution in [0.25, 0.3) is 0 Å². The Morgan fingerprint density at radius 2 is 2.19 bits per heavy atom. The summed E-state index contributed by atoms with van der Waals surface area (Å²) in [4.78, 5) is 12.2. The summed E-state index contributed by atoms with van der Waals surface area (Å²) >= 11 is 0. The fourth-order valence-corrected chi connectivity index (χ4v) is 2.89. The number of benzene rings is 1. The number of aryl methyl sites for hydroxylation is 2. The monoisotopic (exact) mass is 286 g/mol. The number of aromatic nitrogens is 1. The SMILES string of the molecule is Cc1noc(C)c1CC(=O)N[C@@H]1c2ccccc2C[C@@H]1O. The van der Waals surface area contributed by atoms with Crippen LogP contribution in [-0.4, -0.2) is 22.3 Å². The minimum atomic E-state index is -0.573. The summed E-state index contributed by atoms with van der Waals surface area (Å²) in [7, 11) is 0. The maximum absolute atomic E-state index is 12.2. The van der Waals surface area contributed by atoms with Gasteiger partial charge in [-0.1, -0.05) is 29.4 Å². The Balaban J connectivity index is 1.74. The summed E-state index contributed by atoms with van der Waals surface area (Å²) in [5.74, 6) is 0.528. The van der Waals surface area contributed by atoms with Crippen molar-refractivity contribution >= 4 is 5.91 Å². The van der Waals surface area contributed by atoms with Crippen LogP contribution in [0.1, 0.15) is 34.2 Å². The molecule has 0 saturated heterocycles. The Kier molecular flexibility index (Phi) is 3.51. The van der Waals surface area contributed by atoms with Gasteiger partial charge in [-0.25, -0.2) is 0 Å². The Hall–Kier alpha value is -2.14. The van der Waals surface area contributed by atoms with Gasteiger partial charge in [0.1, 0.15) is 5.76 Å². The summed E-state index contributed by atoms with van der Waals surface area (Å²) in [5, 5.41) is 16.9. The van der Waals surface area contributed by atoms with Gasteiger partial charge in [0.15, 0.2) is 0 Å². The van der Waals surface area contributed by atoms with E-state index in [4.69, 9.17) is 4.52 Å². The van der Waals surface area contributed by atoms with Crippen LogP contribution in [0.5, 0.6) is 0 Å². The second-order valence-electron chi connectivity index (χ2n) is 5.49. The van der Waals surface area contributed by atoms with Crippen molar-refractivity contribution < 1.29 is 14.4 Å². The first-order valence-corrected chi connectivity index (χ1v) is 7.03. The molecule has 5 heteroatoms. The van der Waals surface area contributed by atoms with E-state index in [0.29, 0.717) is 12.2 Å². The molecule has 1 aliphatic carbocycles. The highest BCUT2D eigenvalue weighted by Gasteiger charge is 2.32. The minimum Gasteiger partial charge on any atom is -0.390 e. The quantitative estimate of drug-likeness (QED) is 0.899. The van der Waals surface area contributed by atoms with Crippen LogP contribution in [0.2, 0.25) is 0 Å². The molecule has 2 N–H and O–H groups in total. The lowest BCUT2D eigenvalue weighted by Crippen LogP contribution is -2.34. The molecule has 0 aliphatic heterocycles. The van der Waals surface area contributed by atoms with E-state index in [1.807, 2.05) is 31.2 Å². The zero-order valence-electron chi connectivity index (χ0n) is 12.1. The molecule has 21 heavy (non-hydrogen) atoms. The fraction of sp³-hybridized carbons (Fsp3) is 0.375. The number of fused-ring (bicyclic) bond motifs is 1.